The number of hydrogen-bond donors (Lipinski definition) is 2. The Kier molecular flexibility index (Phi) is 4.24. The molecule has 20 heavy (non-hydrogen) atoms. The predicted octanol–water partition coefficient (Wildman–Crippen LogP) is 3.39. The lowest BCUT2D eigenvalue weighted by Gasteiger charge is -2.14. The van der Waals surface area contributed by atoms with Crippen LogP contribution in [0.15, 0.2) is 36.4 Å². The van der Waals surface area contributed by atoms with E-state index in [4.69, 9.17) is 0 Å². The monoisotopic (exact) mass is 285 g/mol. The minimum Gasteiger partial charge on any atom is -0.387 e. The summed E-state index contributed by atoms with van der Waals surface area (Å²) in [4.78, 5) is 0. The third kappa shape index (κ3) is 3.27. The van der Waals surface area contributed by atoms with Gasteiger partial charge in [-0.3, -0.25) is 0 Å². The Balaban J connectivity index is 2.05. The second-order valence-electron chi connectivity index (χ2n) is 4.19. The molecule has 0 aliphatic rings. The van der Waals surface area contributed by atoms with Gasteiger partial charge in [-0.1, -0.05) is 12.1 Å². The number of benzene rings is 2. The highest BCUT2D eigenvalue weighted by molar-refractivity contribution is 5.45. The summed E-state index contributed by atoms with van der Waals surface area (Å²) in [6.45, 7) is -0.131. The summed E-state index contributed by atoms with van der Waals surface area (Å²) in [5.41, 5.74) is 0.159. The first-order valence-electron chi connectivity index (χ1n) is 5.79. The zero-order valence-electron chi connectivity index (χ0n) is 10.2. The maximum Gasteiger partial charge on any atom is 0.161 e. The molecule has 0 bridgehead atoms. The highest BCUT2D eigenvalue weighted by atomic mass is 19.2. The van der Waals surface area contributed by atoms with Crippen LogP contribution in [-0.4, -0.2) is 11.7 Å². The van der Waals surface area contributed by atoms with Gasteiger partial charge in [0.25, 0.3) is 0 Å². The Morgan fingerprint density at radius 1 is 0.900 bits per heavy atom. The maximum atomic E-state index is 13.3. The SMILES string of the molecule is OC(CNc1cc(F)c(F)cc1F)c1ccc(F)cc1. The zero-order chi connectivity index (χ0) is 14.7. The van der Waals surface area contributed by atoms with Gasteiger partial charge in [-0.15, -0.1) is 0 Å². The van der Waals surface area contributed by atoms with Crippen molar-refractivity contribution in [1.29, 1.82) is 0 Å². The lowest BCUT2D eigenvalue weighted by Crippen LogP contribution is -2.13. The molecule has 0 aliphatic carbocycles. The quantitative estimate of drug-likeness (QED) is 0.666. The van der Waals surface area contributed by atoms with Crippen molar-refractivity contribution in [1.82, 2.24) is 0 Å². The van der Waals surface area contributed by atoms with Crippen LogP contribution in [0.4, 0.5) is 23.2 Å². The van der Waals surface area contributed by atoms with E-state index in [-0.39, 0.29) is 12.2 Å². The van der Waals surface area contributed by atoms with E-state index in [2.05, 4.69) is 5.32 Å². The zero-order valence-corrected chi connectivity index (χ0v) is 10.2. The van der Waals surface area contributed by atoms with Crippen molar-refractivity contribution < 1.29 is 22.7 Å². The lowest BCUT2D eigenvalue weighted by atomic mass is 10.1. The molecule has 0 heterocycles. The van der Waals surface area contributed by atoms with E-state index in [1.165, 1.54) is 24.3 Å². The number of aliphatic hydroxyl groups is 1. The number of halogens is 4. The Labute approximate surface area is 112 Å². The fraction of sp³-hybridized carbons (Fsp3) is 0.143. The van der Waals surface area contributed by atoms with Crippen molar-refractivity contribution in [2.45, 2.75) is 6.10 Å². The third-order valence-corrected chi connectivity index (χ3v) is 2.75. The van der Waals surface area contributed by atoms with Crippen LogP contribution in [0.2, 0.25) is 0 Å². The van der Waals surface area contributed by atoms with Crippen molar-refractivity contribution in [2.24, 2.45) is 0 Å². The van der Waals surface area contributed by atoms with Gasteiger partial charge in [0.2, 0.25) is 0 Å². The molecule has 0 fully saturated rings. The number of hydrogen-bond acceptors (Lipinski definition) is 2. The molecule has 0 radical (unpaired) electrons. The van der Waals surface area contributed by atoms with E-state index in [0.717, 1.165) is 0 Å². The van der Waals surface area contributed by atoms with E-state index in [9.17, 15) is 22.7 Å². The molecule has 0 aromatic heterocycles. The summed E-state index contributed by atoms with van der Waals surface area (Å²) in [7, 11) is 0. The molecule has 1 atom stereocenters. The Morgan fingerprint density at radius 2 is 1.50 bits per heavy atom. The average Bonchev–Trinajstić information content (AvgIpc) is 2.42. The predicted molar refractivity (Wildman–Crippen MR) is 66.2 cm³/mol. The first kappa shape index (κ1) is 14.3. The summed E-state index contributed by atoms with van der Waals surface area (Å²) in [6, 6.07) is 6.20. The van der Waals surface area contributed by atoms with Gasteiger partial charge in [0.1, 0.15) is 11.6 Å². The van der Waals surface area contributed by atoms with Gasteiger partial charge < -0.3 is 10.4 Å². The molecule has 0 saturated heterocycles. The fourth-order valence-corrected chi connectivity index (χ4v) is 1.67. The molecule has 2 aromatic carbocycles. The van der Waals surface area contributed by atoms with Crippen molar-refractivity contribution in [3.63, 3.8) is 0 Å². The molecule has 106 valence electrons. The minimum absolute atomic E-state index is 0.131. The number of rotatable bonds is 4. The van der Waals surface area contributed by atoms with E-state index in [0.29, 0.717) is 17.7 Å². The molecule has 2 aromatic rings. The van der Waals surface area contributed by atoms with E-state index in [1.54, 1.807) is 0 Å². The lowest BCUT2D eigenvalue weighted by molar-refractivity contribution is 0.191. The van der Waals surface area contributed by atoms with Crippen molar-refractivity contribution in [3.8, 4) is 0 Å². The summed E-state index contributed by atoms with van der Waals surface area (Å²) in [5.74, 6) is -3.88. The molecule has 0 saturated carbocycles. The topological polar surface area (TPSA) is 32.3 Å². The first-order chi connectivity index (χ1) is 9.47. The van der Waals surface area contributed by atoms with Crippen molar-refractivity contribution in [3.05, 3.63) is 65.2 Å². The van der Waals surface area contributed by atoms with Gasteiger partial charge in [0.15, 0.2) is 11.6 Å². The number of aliphatic hydroxyl groups excluding tert-OH is 1. The van der Waals surface area contributed by atoms with Gasteiger partial charge in [-0.25, -0.2) is 17.6 Å². The molecule has 6 heteroatoms. The largest absolute Gasteiger partial charge is 0.387 e. The molecule has 0 spiro atoms. The summed E-state index contributed by atoms with van der Waals surface area (Å²) in [5, 5.41) is 12.3. The van der Waals surface area contributed by atoms with Crippen LogP contribution in [0.3, 0.4) is 0 Å². The second-order valence-corrected chi connectivity index (χ2v) is 4.19. The minimum atomic E-state index is -1.29. The van der Waals surface area contributed by atoms with Crippen LogP contribution in [0.25, 0.3) is 0 Å². The van der Waals surface area contributed by atoms with E-state index < -0.39 is 29.4 Å². The van der Waals surface area contributed by atoms with Gasteiger partial charge in [-0.2, -0.15) is 0 Å². The maximum absolute atomic E-state index is 13.3. The molecular weight excluding hydrogens is 274 g/mol. The van der Waals surface area contributed by atoms with Crippen LogP contribution in [0.1, 0.15) is 11.7 Å². The highest BCUT2D eigenvalue weighted by Gasteiger charge is 2.12. The Morgan fingerprint density at radius 3 is 2.15 bits per heavy atom. The summed E-state index contributed by atoms with van der Waals surface area (Å²) >= 11 is 0. The smallest absolute Gasteiger partial charge is 0.161 e. The molecule has 2 N–H and O–H groups in total. The average molecular weight is 285 g/mol. The van der Waals surface area contributed by atoms with Crippen LogP contribution in [0, 0.1) is 23.3 Å². The van der Waals surface area contributed by atoms with Crippen molar-refractivity contribution in [2.75, 3.05) is 11.9 Å². The molecule has 2 nitrogen and oxygen atoms in total. The fourth-order valence-electron chi connectivity index (χ4n) is 1.67. The van der Waals surface area contributed by atoms with Crippen molar-refractivity contribution >= 4 is 5.69 Å². The summed E-state index contributed by atoms with van der Waals surface area (Å²) < 4.78 is 51.7. The van der Waals surface area contributed by atoms with Gasteiger partial charge in [-0.05, 0) is 17.7 Å². The molecule has 2 rings (SSSR count). The Hall–Kier alpha value is -2.08. The molecule has 0 amide bonds. The van der Waals surface area contributed by atoms with Gasteiger partial charge >= 0.3 is 0 Å². The molecule has 1 unspecified atom stereocenters. The van der Waals surface area contributed by atoms with E-state index in [1.807, 2.05) is 0 Å². The standard InChI is InChI=1S/C14H11F4NO/c15-9-3-1-8(2-4-9)14(20)7-19-13-6-11(17)10(16)5-12(13)18/h1-6,14,19-20H,7H2. The number of nitrogens with one attached hydrogen (secondary N) is 1. The van der Waals surface area contributed by atoms with Crippen LogP contribution < -0.4 is 5.32 Å². The first-order valence-corrected chi connectivity index (χ1v) is 5.79. The number of anilines is 1. The van der Waals surface area contributed by atoms with E-state index >= 15 is 0 Å². The van der Waals surface area contributed by atoms with Crippen LogP contribution in [0.5, 0.6) is 0 Å². The molecular formula is C14H11F4NO. The third-order valence-electron chi connectivity index (χ3n) is 2.75. The van der Waals surface area contributed by atoms with Gasteiger partial charge in [0.05, 0.1) is 11.8 Å². The second kappa shape index (κ2) is 5.92. The summed E-state index contributed by atoms with van der Waals surface area (Å²) in [6.07, 6.45) is -1.04. The van der Waals surface area contributed by atoms with Crippen LogP contribution >= 0.6 is 0 Å². The highest BCUT2D eigenvalue weighted by Crippen LogP contribution is 2.20. The normalized spacial score (nSPS) is 12.2. The van der Waals surface area contributed by atoms with Crippen LogP contribution in [-0.2, 0) is 0 Å². The van der Waals surface area contributed by atoms with Gasteiger partial charge in [0, 0.05) is 18.7 Å². The molecule has 0 aliphatic heterocycles. The Bertz CT molecular complexity index is 601.